The molecule has 7 heteroatoms. The number of rotatable bonds is 6. The molecule has 3 heterocycles. The van der Waals surface area contributed by atoms with Crippen LogP contribution in [0.4, 0.5) is 0 Å². The van der Waals surface area contributed by atoms with Gasteiger partial charge in [0.1, 0.15) is 18.0 Å². The normalized spacial score (nSPS) is 11.0. The van der Waals surface area contributed by atoms with Gasteiger partial charge in [-0.15, -0.1) is 11.3 Å². The monoisotopic (exact) mass is 469 g/mol. The van der Waals surface area contributed by atoms with E-state index in [1.54, 1.807) is 29.4 Å². The number of para-hydroxylation sites is 1. The first-order valence-corrected chi connectivity index (χ1v) is 10.8. The van der Waals surface area contributed by atoms with Crippen molar-refractivity contribution >= 4 is 38.8 Å². The van der Waals surface area contributed by atoms with Crippen LogP contribution in [0.15, 0.2) is 64.7 Å². The number of carbonyl (C=O) groups is 1. The molecular weight excluding hydrogens is 450 g/mol. The van der Waals surface area contributed by atoms with Crippen LogP contribution in [-0.4, -0.2) is 27.2 Å². The number of aryl methyl sites for hydroxylation is 1. The van der Waals surface area contributed by atoms with Crippen LogP contribution in [0.3, 0.4) is 0 Å². The Hall–Kier alpha value is -2.64. The summed E-state index contributed by atoms with van der Waals surface area (Å²) >= 11 is 5.09. The Kier molecular flexibility index (Phi) is 5.69. The molecule has 0 aliphatic rings. The fraction of sp³-hybridized carbons (Fsp3) is 0.182. The number of hydrogen-bond acceptors (Lipinski definition) is 4. The van der Waals surface area contributed by atoms with Gasteiger partial charge in [0, 0.05) is 24.3 Å². The minimum absolute atomic E-state index is 0.0732. The van der Waals surface area contributed by atoms with E-state index in [9.17, 15) is 4.79 Å². The molecule has 0 bridgehead atoms. The maximum absolute atomic E-state index is 13.0. The van der Waals surface area contributed by atoms with Gasteiger partial charge in [0.05, 0.1) is 21.6 Å². The third-order valence-corrected chi connectivity index (χ3v) is 6.20. The van der Waals surface area contributed by atoms with Crippen molar-refractivity contribution in [3.63, 3.8) is 0 Å². The van der Waals surface area contributed by atoms with Crippen molar-refractivity contribution in [2.75, 3.05) is 7.05 Å². The fourth-order valence-corrected chi connectivity index (χ4v) is 4.68. The Morgan fingerprint density at radius 2 is 2.03 bits per heavy atom. The molecule has 5 nitrogen and oxygen atoms in total. The lowest BCUT2D eigenvalue weighted by Gasteiger charge is -2.18. The lowest BCUT2D eigenvalue weighted by Crippen LogP contribution is -2.26. The Bertz CT molecular complexity index is 1170. The molecule has 0 spiro atoms. The number of fused-ring (bicyclic) bond motifs is 1. The van der Waals surface area contributed by atoms with Crippen molar-refractivity contribution in [1.29, 1.82) is 0 Å². The van der Waals surface area contributed by atoms with E-state index in [0.29, 0.717) is 24.5 Å². The highest BCUT2D eigenvalue weighted by atomic mass is 79.9. The van der Waals surface area contributed by atoms with Gasteiger partial charge in [-0.05, 0) is 58.7 Å². The lowest BCUT2D eigenvalue weighted by molar-refractivity contribution is 0.0781. The third kappa shape index (κ3) is 4.36. The van der Waals surface area contributed by atoms with E-state index in [1.165, 1.54) is 0 Å². The van der Waals surface area contributed by atoms with Crippen molar-refractivity contribution < 1.29 is 9.53 Å². The molecule has 148 valence electrons. The number of thiophene rings is 1. The van der Waals surface area contributed by atoms with Gasteiger partial charge in [-0.3, -0.25) is 4.79 Å². The molecule has 4 aromatic rings. The second-order valence-electron chi connectivity index (χ2n) is 6.81. The van der Waals surface area contributed by atoms with Gasteiger partial charge in [0.2, 0.25) is 0 Å². The van der Waals surface area contributed by atoms with Gasteiger partial charge in [-0.1, -0.05) is 18.2 Å². The molecule has 0 N–H and O–H groups in total. The zero-order chi connectivity index (χ0) is 20.4. The van der Waals surface area contributed by atoms with Crippen molar-refractivity contribution in [2.45, 2.75) is 20.1 Å². The van der Waals surface area contributed by atoms with Gasteiger partial charge in [0.25, 0.3) is 5.91 Å². The van der Waals surface area contributed by atoms with Crippen LogP contribution in [0.25, 0.3) is 5.65 Å². The van der Waals surface area contributed by atoms with Gasteiger partial charge in [-0.2, -0.15) is 0 Å². The molecule has 0 aliphatic heterocycles. The number of ether oxygens (including phenoxy) is 1. The SMILES string of the molecule is Cc1cccn2cc(COc3ccccc3C(=O)N(C)Cc3ccc(Br)s3)nc12. The summed E-state index contributed by atoms with van der Waals surface area (Å²) in [5.41, 5.74) is 3.39. The molecule has 29 heavy (non-hydrogen) atoms. The maximum Gasteiger partial charge on any atom is 0.257 e. The molecule has 4 rings (SSSR count). The Balaban J connectivity index is 1.49. The quantitative estimate of drug-likeness (QED) is 0.383. The highest BCUT2D eigenvalue weighted by Crippen LogP contribution is 2.25. The predicted octanol–water partition coefficient (Wildman–Crippen LogP) is 5.32. The highest BCUT2D eigenvalue weighted by molar-refractivity contribution is 9.11. The summed E-state index contributed by atoms with van der Waals surface area (Å²) in [6.07, 6.45) is 3.92. The zero-order valence-electron chi connectivity index (χ0n) is 16.1. The van der Waals surface area contributed by atoms with Crippen LogP contribution in [-0.2, 0) is 13.2 Å². The fourth-order valence-electron chi connectivity index (χ4n) is 3.14. The van der Waals surface area contributed by atoms with E-state index in [-0.39, 0.29) is 5.91 Å². The Labute approximate surface area is 181 Å². The molecule has 0 saturated heterocycles. The zero-order valence-corrected chi connectivity index (χ0v) is 18.5. The number of aromatic nitrogens is 2. The first-order chi connectivity index (χ1) is 14.0. The Morgan fingerprint density at radius 3 is 2.79 bits per heavy atom. The van der Waals surface area contributed by atoms with Crippen LogP contribution >= 0.6 is 27.3 Å². The Morgan fingerprint density at radius 1 is 1.21 bits per heavy atom. The summed E-state index contributed by atoms with van der Waals surface area (Å²) in [7, 11) is 1.80. The van der Waals surface area contributed by atoms with Crippen LogP contribution in [0, 0.1) is 6.92 Å². The van der Waals surface area contributed by atoms with Crippen LogP contribution in [0.1, 0.15) is 26.5 Å². The van der Waals surface area contributed by atoms with Crippen molar-refractivity contribution in [2.24, 2.45) is 0 Å². The largest absolute Gasteiger partial charge is 0.486 e. The van der Waals surface area contributed by atoms with Crippen LogP contribution in [0.2, 0.25) is 0 Å². The number of pyridine rings is 1. The molecule has 0 unspecified atom stereocenters. The topological polar surface area (TPSA) is 46.8 Å². The summed E-state index contributed by atoms with van der Waals surface area (Å²) in [5.74, 6) is 0.487. The van der Waals surface area contributed by atoms with Gasteiger partial charge >= 0.3 is 0 Å². The van der Waals surface area contributed by atoms with Gasteiger partial charge in [-0.25, -0.2) is 4.98 Å². The smallest absolute Gasteiger partial charge is 0.257 e. The number of halogens is 1. The average molecular weight is 470 g/mol. The first-order valence-electron chi connectivity index (χ1n) is 9.16. The summed E-state index contributed by atoms with van der Waals surface area (Å²) < 4.78 is 9.03. The number of benzene rings is 1. The minimum atomic E-state index is -0.0732. The maximum atomic E-state index is 13.0. The van der Waals surface area contributed by atoms with E-state index >= 15 is 0 Å². The minimum Gasteiger partial charge on any atom is -0.486 e. The van der Waals surface area contributed by atoms with E-state index in [0.717, 1.165) is 25.6 Å². The average Bonchev–Trinajstić information content (AvgIpc) is 3.32. The van der Waals surface area contributed by atoms with E-state index in [1.807, 2.05) is 66.2 Å². The molecule has 1 aromatic carbocycles. The third-order valence-electron chi connectivity index (χ3n) is 4.59. The first kappa shape index (κ1) is 19.7. The van der Waals surface area contributed by atoms with Crippen molar-refractivity contribution in [1.82, 2.24) is 14.3 Å². The molecule has 0 atom stereocenters. The van der Waals surface area contributed by atoms with Gasteiger partial charge in [0.15, 0.2) is 0 Å². The van der Waals surface area contributed by atoms with Crippen molar-refractivity contribution in [3.05, 3.63) is 86.4 Å². The molecule has 3 aromatic heterocycles. The summed E-state index contributed by atoms with van der Waals surface area (Å²) in [6, 6.07) is 15.4. The van der Waals surface area contributed by atoms with Gasteiger partial charge < -0.3 is 14.0 Å². The standard InChI is InChI=1S/C22H20BrN3O2S/c1-15-6-5-11-26-12-16(24-21(15)26)14-28-19-8-4-3-7-18(19)22(27)25(2)13-17-9-10-20(23)29-17/h3-12H,13-14H2,1-2H3. The summed E-state index contributed by atoms with van der Waals surface area (Å²) in [4.78, 5) is 20.4. The molecule has 0 fully saturated rings. The van der Waals surface area contributed by atoms with Crippen LogP contribution in [0.5, 0.6) is 5.75 Å². The second kappa shape index (κ2) is 8.39. The number of imidazole rings is 1. The number of carbonyl (C=O) groups excluding carboxylic acids is 1. The summed E-state index contributed by atoms with van der Waals surface area (Å²) in [5, 5.41) is 0. The number of nitrogens with zero attached hydrogens (tertiary/aromatic N) is 3. The van der Waals surface area contributed by atoms with E-state index in [4.69, 9.17) is 4.74 Å². The molecule has 1 amide bonds. The highest BCUT2D eigenvalue weighted by Gasteiger charge is 2.18. The van der Waals surface area contributed by atoms with Crippen LogP contribution < -0.4 is 4.74 Å². The van der Waals surface area contributed by atoms with Crippen molar-refractivity contribution in [3.8, 4) is 5.75 Å². The number of hydrogen-bond donors (Lipinski definition) is 0. The number of amides is 1. The summed E-state index contributed by atoms with van der Waals surface area (Å²) in [6.45, 7) is 2.88. The molecular formula is C22H20BrN3O2S. The molecule has 0 saturated carbocycles. The molecule has 0 radical (unpaired) electrons. The molecule has 0 aliphatic carbocycles. The van der Waals surface area contributed by atoms with E-state index in [2.05, 4.69) is 20.9 Å². The second-order valence-corrected chi connectivity index (χ2v) is 9.35. The lowest BCUT2D eigenvalue weighted by atomic mass is 10.1. The van der Waals surface area contributed by atoms with E-state index < -0.39 is 0 Å². The predicted molar refractivity (Wildman–Crippen MR) is 119 cm³/mol.